The van der Waals surface area contributed by atoms with E-state index in [2.05, 4.69) is 10.4 Å². The number of carbonyl (C=O) groups excluding carboxylic acids is 1. The Labute approximate surface area is 110 Å². The predicted octanol–water partition coefficient (Wildman–Crippen LogP) is 1.86. The first-order chi connectivity index (χ1) is 8.95. The Hall–Kier alpha value is -2.37. The Bertz CT molecular complexity index is 621. The van der Waals surface area contributed by atoms with Gasteiger partial charge in [0.25, 0.3) is 0 Å². The lowest BCUT2D eigenvalue weighted by molar-refractivity contribution is -0.117. The van der Waals surface area contributed by atoms with Crippen LogP contribution in [0.2, 0.25) is 0 Å². The number of nitrogens with zero attached hydrogens (tertiary/aromatic N) is 2. The molecular formula is C13H15FN4O. The Morgan fingerprint density at radius 3 is 2.79 bits per heavy atom. The quantitative estimate of drug-likeness (QED) is 0.829. The maximum absolute atomic E-state index is 13.5. The molecule has 0 saturated carbocycles. The standard InChI is InChI=1S/C13H15FN4O/c1-8-5-9(2)18(17-8)7-13(19)16-12-6-10(15)3-4-11(12)14/h3-6H,7,15H2,1-2H3,(H,16,19). The Balaban J connectivity index is 2.09. The summed E-state index contributed by atoms with van der Waals surface area (Å²) in [6.07, 6.45) is 0. The van der Waals surface area contributed by atoms with Crippen LogP contribution in [0, 0.1) is 19.7 Å². The maximum Gasteiger partial charge on any atom is 0.246 e. The highest BCUT2D eigenvalue weighted by molar-refractivity contribution is 5.91. The second kappa shape index (κ2) is 5.09. The molecule has 0 bridgehead atoms. The van der Waals surface area contributed by atoms with E-state index in [-0.39, 0.29) is 18.1 Å². The molecule has 0 aliphatic rings. The van der Waals surface area contributed by atoms with Crippen molar-refractivity contribution in [2.24, 2.45) is 0 Å². The third kappa shape index (κ3) is 3.09. The first kappa shape index (κ1) is 13.1. The van der Waals surface area contributed by atoms with Crippen molar-refractivity contribution in [1.82, 2.24) is 9.78 Å². The van der Waals surface area contributed by atoms with E-state index in [0.29, 0.717) is 5.69 Å². The van der Waals surface area contributed by atoms with Gasteiger partial charge in [0.1, 0.15) is 12.4 Å². The molecule has 2 rings (SSSR count). The topological polar surface area (TPSA) is 72.9 Å². The van der Waals surface area contributed by atoms with Crippen LogP contribution in [0.15, 0.2) is 24.3 Å². The molecule has 3 N–H and O–H groups in total. The summed E-state index contributed by atoms with van der Waals surface area (Å²) < 4.78 is 15.0. The largest absolute Gasteiger partial charge is 0.399 e. The smallest absolute Gasteiger partial charge is 0.246 e. The monoisotopic (exact) mass is 262 g/mol. The maximum atomic E-state index is 13.5. The minimum atomic E-state index is -0.518. The average Bonchev–Trinajstić information content (AvgIpc) is 2.62. The zero-order valence-corrected chi connectivity index (χ0v) is 10.8. The zero-order chi connectivity index (χ0) is 14.0. The van der Waals surface area contributed by atoms with Gasteiger partial charge in [-0.3, -0.25) is 9.48 Å². The summed E-state index contributed by atoms with van der Waals surface area (Å²) in [5.41, 5.74) is 7.72. The van der Waals surface area contributed by atoms with Crippen molar-refractivity contribution in [3.05, 3.63) is 41.5 Å². The molecule has 100 valence electrons. The molecule has 0 aliphatic heterocycles. The highest BCUT2D eigenvalue weighted by Crippen LogP contribution is 2.17. The van der Waals surface area contributed by atoms with Crippen LogP contribution in [-0.2, 0) is 11.3 Å². The van der Waals surface area contributed by atoms with E-state index in [4.69, 9.17) is 5.73 Å². The summed E-state index contributed by atoms with van der Waals surface area (Å²) in [6.45, 7) is 3.74. The third-order valence-corrected chi connectivity index (χ3v) is 2.66. The highest BCUT2D eigenvalue weighted by atomic mass is 19.1. The van der Waals surface area contributed by atoms with Gasteiger partial charge >= 0.3 is 0 Å². The van der Waals surface area contributed by atoms with E-state index in [1.807, 2.05) is 19.9 Å². The van der Waals surface area contributed by atoms with Gasteiger partial charge in [-0.1, -0.05) is 0 Å². The molecule has 1 aromatic carbocycles. The number of benzene rings is 1. The van der Waals surface area contributed by atoms with Crippen LogP contribution in [0.1, 0.15) is 11.4 Å². The van der Waals surface area contributed by atoms with Crippen molar-refractivity contribution in [2.45, 2.75) is 20.4 Å². The molecule has 1 amide bonds. The van der Waals surface area contributed by atoms with E-state index in [1.165, 1.54) is 18.2 Å². The summed E-state index contributed by atoms with van der Waals surface area (Å²) in [6, 6.07) is 5.91. The second-order valence-corrected chi connectivity index (χ2v) is 4.37. The van der Waals surface area contributed by atoms with E-state index in [1.54, 1.807) is 4.68 Å². The van der Waals surface area contributed by atoms with E-state index in [0.717, 1.165) is 11.4 Å². The summed E-state index contributed by atoms with van der Waals surface area (Å²) in [5, 5.41) is 6.65. The van der Waals surface area contributed by atoms with Crippen LogP contribution in [0.25, 0.3) is 0 Å². The number of nitrogens with one attached hydrogen (secondary N) is 1. The molecule has 0 fully saturated rings. The number of anilines is 2. The molecule has 19 heavy (non-hydrogen) atoms. The molecule has 2 aromatic rings. The zero-order valence-electron chi connectivity index (χ0n) is 10.8. The number of carbonyl (C=O) groups is 1. The van der Waals surface area contributed by atoms with Crippen LogP contribution in [0.4, 0.5) is 15.8 Å². The summed E-state index contributed by atoms with van der Waals surface area (Å²) in [4.78, 5) is 11.8. The van der Waals surface area contributed by atoms with Crippen LogP contribution in [0.3, 0.4) is 0 Å². The molecular weight excluding hydrogens is 247 g/mol. The molecule has 1 heterocycles. The van der Waals surface area contributed by atoms with Crippen LogP contribution in [0.5, 0.6) is 0 Å². The van der Waals surface area contributed by atoms with Gasteiger partial charge in [-0.25, -0.2) is 4.39 Å². The minimum absolute atomic E-state index is 0.0356. The fraction of sp³-hybridized carbons (Fsp3) is 0.231. The summed E-state index contributed by atoms with van der Waals surface area (Å²) in [7, 11) is 0. The molecule has 0 spiro atoms. The molecule has 0 unspecified atom stereocenters. The number of halogens is 1. The number of hydrogen-bond donors (Lipinski definition) is 2. The third-order valence-electron chi connectivity index (χ3n) is 2.66. The van der Waals surface area contributed by atoms with E-state index >= 15 is 0 Å². The van der Waals surface area contributed by atoms with Gasteiger partial charge in [-0.15, -0.1) is 0 Å². The number of hydrogen-bond acceptors (Lipinski definition) is 3. The molecule has 1 aromatic heterocycles. The molecule has 0 saturated heterocycles. The fourth-order valence-electron chi connectivity index (χ4n) is 1.80. The molecule has 6 heteroatoms. The highest BCUT2D eigenvalue weighted by Gasteiger charge is 2.10. The van der Waals surface area contributed by atoms with E-state index in [9.17, 15) is 9.18 Å². The number of aromatic nitrogens is 2. The van der Waals surface area contributed by atoms with Gasteiger partial charge in [0, 0.05) is 11.4 Å². The lowest BCUT2D eigenvalue weighted by Crippen LogP contribution is -2.21. The predicted molar refractivity (Wildman–Crippen MR) is 71.1 cm³/mol. The van der Waals surface area contributed by atoms with Gasteiger partial charge in [0.2, 0.25) is 5.91 Å². The van der Waals surface area contributed by atoms with Gasteiger partial charge in [-0.2, -0.15) is 5.10 Å². The van der Waals surface area contributed by atoms with Crippen molar-refractivity contribution >= 4 is 17.3 Å². The van der Waals surface area contributed by atoms with Crippen LogP contribution >= 0.6 is 0 Å². The first-order valence-electron chi connectivity index (χ1n) is 5.81. The number of rotatable bonds is 3. The molecule has 5 nitrogen and oxygen atoms in total. The number of nitrogens with two attached hydrogens (primary N) is 1. The van der Waals surface area contributed by atoms with Gasteiger partial charge in [0.15, 0.2) is 0 Å². The lowest BCUT2D eigenvalue weighted by atomic mass is 10.2. The van der Waals surface area contributed by atoms with Gasteiger partial charge < -0.3 is 11.1 Å². The average molecular weight is 262 g/mol. The number of aryl methyl sites for hydroxylation is 2. The minimum Gasteiger partial charge on any atom is -0.399 e. The molecule has 0 atom stereocenters. The first-order valence-corrected chi connectivity index (χ1v) is 5.81. The van der Waals surface area contributed by atoms with Crippen molar-refractivity contribution in [1.29, 1.82) is 0 Å². The molecule has 0 radical (unpaired) electrons. The van der Waals surface area contributed by atoms with Crippen LogP contribution < -0.4 is 11.1 Å². The lowest BCUT2D eigenvalue weighted by Gasteiger charge is -2.08. The fourth-order valence-corrected chi connectivity index (χ4v) is 1.80. The number of amides is 1. The summed E-state index contributed by atoms with van der Waals surface area (Å²) >= 11 is 0. The van der Waals surface area contributed by atoms with Crippen molar-refractivity contribution < 1.29 is 9.18 Å². The van der Waals surface area contributed by atoms with E-state index < -0.39 is 5.82 Å². The molecule has 0 aliphatic carbocycles. The van der Waals surface area contributed by atoms with Crippen molar-refractivity contribution in [2.75, 3.05) is 11.1 Å². The van der Waals surface area contributed by atoms with Crippen molar-refractivity contribution in [3.63, 3.8) is 0 Å². The van der Waals surface area contributed by atoms with Crippen LogP contribution in [-0.4, -0.2) is 15.7 Å². The Morgan fingerprint density at radius 1 is 1.42 bits per heavy atom. The Morgan fingerprint density at radius 2 is 2.16 bits per heavy atom. The van der Waals surface area contributed by atoms with Crippen molar-refractivity contribution in [3.8, 4) is 0 Å². The Kier molecular flexibility index (Phi) is 3.50. The normalized spacial score (nSPS) is 10.5. The number of nitrogen functional groups attached to an aromatic ring is 1. The second-order valence-electron chi connectivity index (χ2n) is 4.37. The van der Waals surface area contributed by atoms with Gasteiger partial charge in [0.05, 0.1) is 11.4 Å². The van der Waals surface area contributed by atoms with Gasteiger partial charge in [-0.05, 0) is 38.1 Å². The summed E-state index contributed by atoms with van der Waals surface area (Å²) in [5.74, 6) is -0.869. The SMILES string of the molecule is Cc1cc(C)n(CC(=O)Nc2cc(N)ccc2F)n1.